The molecule has 1 amide bonds. The second kappa shape index (κ2) is 6.33. The van der Waals surface area contributed by atoms with Gasteiger partial charge < -0.3 is 10.6 Å². The predicted molar refractivity (Wildman–Crippen MR) is 79.1 cm³/mol. The molecular weight excluding hydrogens is 306 g/mol. The molecule has 4 nitrogen and oxygen atoms in total. The van der Waals surface area contributed by atoms with Crippen molar-refractivity contribution in [3.63, 3.8) is 0 Å². The highest BCUT2D eigenvalue weighted by Crippen LogP contribution is 2.12. The second-order valence-electron chi connectivity index (χ2n) is 3.98. The van der Waals surface area contributed by atoms with Crippen LogP contribution in [0.2, 0.25) is 0 Å². The summed E-state index contributed by atoms with van der Waals surface area (Å²) in [5.41, 5.74) is 2.56. The van der Waals surface area contributed by atoms with Crippen LogP contribution in [-0.4, -0.2) is 17.9 Å². The molecule has 1 aromatic heterocycles. The van der Waals surface area contributed by atoms with Gasteiger partial charge in [-0.3, -0.25) is 9.78 Å². The van der Waals surface area contributed by atoms with E-state index in [-0.39, 0.29) is 5.91 Å². The summed E-state index contributed by atoms with van der Waals surface area (Å²) in [5.74, 6) is -0.0823. The number of carbonyl (C=O) groups is 1. The van der Waals surface area contributed by atoms with E-state index >= 15 is 0 Å². The fourth-order valence-electron chi connectivity index (χ4n) is 1.59. The lowest BCUT2D eigenvalue weighted by molar-refractivity contribution is 0.0963. The van der Waals surface area contributed by atoms with Crippen LogP contribution in [0.4, 0.5) is 5.69 Å². The number of rotatable bonds is 4. The third-order valence-corrected chi connectivity index (χ3v) is 3.11. The number of pyridine rings is 1. The van der Waals surface area contributed by atoms with Gasteiger partial charge >= 0.3 is 0 Å². The minimum atomic E-state index is -0.0823. The van der Waals surface area contributed by atoms with Crippen molar-refractivity contribution in [3.8, 4) is 0 Å². The van der Waals surface area contributed by atoms with Crippen LogP contribution < -0.4 is 10.6 Å². The monoisotopic (exact) mass is 319 g/mol. The zero-order chi connectivity index (χ0) is 13.7. The van der Waals surface area contributed by atoms with Crippen molar-refractivity contribution in [2.75, 3.05) is 12.4 Å². The van der Waals surface area contributed by atoms with E-state index in [0.717, 1.165) is 15.9 Å². The Kier molecular flexibility index (Phi) is 4.52. The molecule has 98 valence electrons. The molecule has 0 bridgehead atoms. The van der Waals surface area contributed by atoms with E-state index in [1.165, 1.54) is 0 Å². The standard InChI is InChI=1S/C14H14BrN3O/c1-16-14(19)10-2-5-12(6-3-10)18-9-13-7-4-11(15)8-17-13/h2-8,18H,9H2,1H3,(H,16,19). The average molecular weight is 320 g/mol. The average Bonchev–Trinajstić information content (AvgIpc) is 2.46. The smallest absolute Gasteiger partial charge is 0.251 e. The molecule has 0 radical (unpaired) electrons. The van der Waals surface area contributed by atoms with Gasteiger partial charge in [0.2, 0.25) is 0 Å². The van der Waals surface area contributed by atoms with Gasteiger partial charge in [0.1, 0.15) is 0 Å². The highest BCUT2D eigenvalue weighted by molar-refractivity contribution is 9.10. The number of nitrogens with one attached hydrogen (secondary N) is 2. The zero-order valence-electron chi connectivity index (χ0n) is 10.5. The Bertz CT molecular complexity index is 552. The Labute approximate surface area is 120 Å². The second-order valence-corrected chi connectivity index (χ2v) is 4.89. The van der Waals surface area contributed by atoms with Gasteiger partial charge in [0.25, 0.3) is 5.91 Å². The van der Waals surface area contributed by atoms with Gasteiger partial charge in [-0.15, -0.1) is 0 Å². The Morgan fingerprint density at radius 2 is 1.95 bits per heavy atom. The summed E-state index contributed by atoms with van der Waals surface area (Å²) in [6.07, 6.45) is 1.77. The van der Waals surface area contributed by atoms with Crippen LogP contribution in [0.3, 0.4) is 0 Å². The molecule has 0 aliphatic carbocycles. The molecule has 1 heterocycles. The van der Waals surface area contributed by atoms with E-state index in [9.17, 15) is 4.79 Å². The normalized spacial score (nSPS) is 10.0. The van der Waals surface area contributed by atoms with E-state index in [4.69, 9.17) is 0 Å². The summed E-state index contributed by atoms with van der Waals surface area (Å²) in [7, 11) is 1.62. The number of benzene rings is 1. The Morgan fingerprint density at radius 1 is 1.21 bits per heavy atom. The molecule has 0 fully saturated rings. The van der Waals surface area contributed by atoms with Crippen molar-refractivity contribution >= 4 is 27.5 Å². The summed E-state index contributed by atoms with van der Waals surface area (Å²) in [6.45, 7) is 0.645. The maximum Gasteiger partial charge on any atom is 0.251 e. The fourth-order valence-corrected chi connectivity index (χ4v) is 1.82. The Balaban J connectivity index is 1.96. The maximum absolute atomic E-state index is 11.4. The highest BCUT2D eigenvalue weighted by Gasteiger charge is 2.02. The molecule has 1 aromatic carbocycles. The van der Waals surface area contributed by atoms with E-state index < -0.39 is 0 Å². The van der Waals surface area contributed by atoms with Gasteiger partial charge in [-0.2, -0.15) is 0 Å². The summed E-state index contributed by atoms with van der Waals surface area (Å²) in [4.78, 5) is 15.7. The Hall–Kier alpha value is -1.88. The summed E-state index contributed by atoms with van der Waals surface area (Å²) < 4.78 is 0.964. The van der Waals surface area contributed by atoms with Gasteiger partial charge in [0.15, 0.2) is 0 Å². The molecular formula is C14H14BrN3O. The van der Waals surface area contributed by atoms with Crippen molar-refractivity contribution in [2.24, 2.45) is 0 Å². The number of hydrogen-bond donors (Lipinski definition) is 2. The highest BCUT2D eigenvalue weighted by atomic mass is 79.9. The van der Waals surface area contributed by atoms with E-state index in [0.29, 0.717) is 12.1 Å². The number of carbonyl (C=O) groups excluding carboxylic acids is 1. The first-order valence-corrected chi connectivity index (χ1v) is 6.65. The minimum absolute atomic E-state index is 0.0823. The van der Waals surface area contributed by atoms with Crippen LogP contribution in [0.5, 0.6) is 0 Å². The van der Waals surface area contributed by atoms with Gasteiger partial charge in [-0.1, -0.05) is 0 Å². The quantitative estimate of drug-likeness (QED) is 0.911. The summed E-state index contributed by atoms with van der Waals surface area (Å²) >= 11 is 3.35. The van der Waals surface area contributed by atoms with Crippen molar-refractivity contribution < 1.29 is 4.79 Å². The number of aromatic nitrogens is 1. The van der Waals surface area contributed by atoms with Crippen LogP contribution in [0.1, 0.15) is 16.1 Å². The molecule has 5 heteroatoms. The lowest BCUT2D eigenvalue weighted by atomic mass is 10.2. The molecule has 0 aliphatic rings. The lowest BCUT2D eigenvalue weighted by Crippen LogP contribution is -2.17. The van der Waals surface area contributed by atoms with E-state index in [1.54, 1.807) is 25.4 Å². The summed E-state index contributed by atoms with van der Waals surface area (Å²) in [6, 6.07) is 11.2. The fraction of sp³-hybridized carbons (Fsp3) is 0.143. The maximum atomic E-state index is 11.4. The zero-order valence-corrected chi connectivity index (χ0v) is 12.1. The van der Waals surface area contributed by atoms with Crippen LogP contribution in [0.25, 0.3) is 0 Å². The SMILES string of the molecule is CNC(=O)c1ccc(NCc2ccc(Br)cn2)cc1. The van der Waals surface area contributed by atoms with Gasteiger partial charge in [-0.05, 0) is 52.3 Å². The first kappa shape index (κ1) is 13.5. The third-order valence-electron chi connectivity index (χ3n) is 2.64. The molecule has 2 N–H and O–H groups in total. The van der Waals surface area contributed by atoms with Crippen molar-refractivity contribution in [1.29, 1.82) is 0 Å². The van der Waals surface area contributed by atoms with Crippen LogP contribution in [0.15, 0.2) is 47.1 Å². The molecule has 19 heavy (non-hydrogen) atoms. The van der Waals surface area contributed by atoms with Gasteiger partial charge in [0, 0.05) is 29.0 Å². The first-order chi connectivity index (χ1) is 9.19. The topological polar surface area (TPSA) is 54.0 Å². The van der Waals surface area contributed by atoms with Gasteiger partial charge in [0.05, 0.1) is 12.2 Å². The van der Waals surface area contributed by atoms with E-state index in [2.05, 4.69) is 31.5 Å². The Morgan fingerprint density at radius 3 is 2.53 bits per heavy atom. The van der Waals surface area contributed by atoms with Crippen LogP contribution in [0, 0.1) is 0 Å². The molecule has 0 saturated heterocycles. The minimum Gasteiger partial charge on any atom is -0.379 e. The number of hydrogen-bond acceptors (Lipinski definition) is 3. The van der Waals surface area contributed by atoms with E-state index in [1.807, 2.05) is 24.3 Å². The molecule has 0 unspecified atom stereocenters. The first-order valence-electron chi connectivity index (χ1n) is 5.85. The molecule has 0 spiro atoms. The number of nitrogens with zero attached hydrogens (tertiary/aromatic N) is 1. The van der Waals surface area contributed by atoms with Crippen LogP contribution in [-0.2, 0) is 6.54 Å². The van der Waals surface area contributed by atoms with Crippen molar-refractivity contribution in [1.82, 2.24) is 10.3 Å². The van der Waals surface area contributed by atoms with Crippen molar-refractivity contribution in [2.45, 2.75) is 6.54 Å². The number of halogens is 1. The molecule has 2 rings (SSSR count). The molecule has 0 saturated carbocycles. The van der Waals surface area contributed by atoms with Crippen molar-refractivity contribution in [3.05, 3.63) is 58.3 Å². The molecule has 0 aliphatic heterocycles. The van der Waals surface area contributed by atoms with Gasteiger partial charge in [-0.25, -0.2) is 0 Å². The largest absolute Gasteiger partial charge is 0.379 e. The third kappa shape index (κ3) is 3.79. The predicted octanol–water partition coefficient (Wildman–Crippen LogP) is 2.82. The molecule has 0 atom stereocenters. The van der Waals surface area contributed by atoms with Crippen LogP contribution >= 0.6 is 15.9 Å². The summed E-state index contributed by atoms with van der Waals surface area (Å²) in [5, 5.41) is 5.85. The molecule has 2 aromatic rings. The lowest BCUT2D eigenvalue weighted by Gasteiger charge is -2.07. The number of amides is 1. The number of anilines is 1.